The third kappa shape index (κ3) is 2.93. The van der Waals surface area contributed by atoms with Crippen LogP contribution in [0.4, 0.5) is 0 Å². The molecular weight excluding hydrogens is 394 g/mol. The van der Waals surface area contributed by atoms with Gasteiger partial charge in [0.15, 0.2) is 0 Å². The molecule has 0 saturated carbocycles. The van der Waals surface area contributed by atoms with E-state index in [9.17, 15) is 14.4 Å². The number of hydrogen-bond acceptors (Lipinski definition) is 4. The molecule has 2 aromatic carbocycles. The van der Waals surface area contributed by atoms with E-state index < -0.39 is 24.3 Å². The number of carbonyl (C=O) groups excluding carboxylic acids is 3. The Hall–Kier alpha value is -4.13. The van der Waals surface area contributed by atoms with Crippen LogP contribution in [0.2, 0.25) is 0 Å². The smallest absolute Gasteiger partial charge is 0.326 e. The summed E-state index contributed by atoms with van der Waals surface area (Å²) in [5.74, 6) is -1.64. The highest BCUT2D eigenvalue weighted by Gasteiger charge is 2.42. The normalized spacial score (nSPS) is 14.3. The van der Waals surface area contributed by atoms with Gasteiger partial charge in [-0.15, -0.1) is 0 Å². The minimum absolute atomic E-state index is 0.174. The van der Waals surface area contributed by atoms with E-state index in [1.165, 1.54) is 0 Å². The second-order valence-electron chi connectivity index (χ2n) is 7.25. The number of benzene rings is 2. The van der Waals surface area contributed by atoms with Gasteiger partial charge < -0.3 is 14.7 Å². The fourth-order valence-electron chi connectivity index (χ4n) is 4.11. The van der Waals surface area contributed by atoms with Crippen LogP contribution in [-0.4, -0.2) is 45.8 Å². The number of nitrogens with zero attached hydrogens (tertiary/aromatic N) is 1. The van der Waals surface area contributed by atoms with Crippen molar-refractivity contribution in [2.24, 2.45) is 0 Å². The Morgan fingerprint density at radius 1 is 0.839 bits per heavy atom. The van der Waals surface area contributed by atoms with Gasteiger partial charge in [0.05, 0.1) is 17.8 Å². The maximum Gasteiger partial charge on any atom is 0.326 e. The molecule has 0 atom stereocenters. The maximum absolute atomic E-state index is 13.5. The number of aromatic amines is 2. The van der Waals surface area contributed by atoms with Gasteiger partial charge in [-0.1, -0.05) is 36.4 Å². The zero-order valence-corrected chi connectivity index (χ0v) is 16.8. The first kappa shape index (κ1) is 18.9. The van der Waals surface area contributed by atoms with Crippen LogP contribution in [0, 0.1) is 0 Å². The number of para-hydroxylation sites is 2. The van der Waals surface area contributed by atoms with E-state index in [2.05, 4.69) is 9.97 Å². The average Bonchev–Trinajstić information content (AvgIpc) is 3.45. The highest BCUT2D eigenvalue weighted by atomic mass is 16.5. The lowest BCUT2D eigenvalue weighted by atomic mass is 9.95. The molecule has 0 unspecified atom stereocenters. The summed E-state index contributed by atoms with van der Waals surface area (Å²) in [5, 5.41) is 1.66. The number of imide groups is 1. The van der Waals surface area contributed by atoms with Gasteiger partial charge in [-0.25, -0.2) is 0 Å². The molecular formula is C24H19N3O4. The lowest BCUT2D eigenvalue weighted by Crippen LogP contribution is -2.37. The molecule has 4 aromatic rings. The molecule has 31 heavy (non-hydrogen) atoms. The molecule has 2 aromatic heterocycles. The second kappa shape index (κ2) is 7.28. The van der Waals surface area contributed by atoms with E-state index in [-0.39, 0.29) is 17.8 Å². The molecule has 2 amide bonds. The monoisotopic (exact) mass is 413 g/mol. The standard InChI is InChI=1S/C24H19N3O4/c1-2-31-20(28)13-27-23(29)21(16-11-25-18-9-5-3-7-14(16)18)22(24(27)30)17-12-26-19-10-6-4-8-15(17)19/h3-12,25-26H,2,13H2,1H3. The van der Waals surface area contributed by atoms with Crippen molar-refractivity contribution in [2.45, 2.75) is 6.92 Å². The van der Waals surface area contributed by atoms with E-state index in [1.54, 1.807) is 19.3 Å². The number of fused-ring (bicyclic) bond motifs is 2. The molecule has 0 radical (unpaired) electrons. The molecule has 1 aliphatic rings. The second-order valence-corrected chi connectivity index (χ2v) is 7.25. The first-order chi connectivity index (χ1) is 15.1. The summed E-state index contributed by atoms with van der Waals surface area (Å²) in [5.41, 5.74) is 3.51. The van der Waals surface area contributed by atoms with Crippen LogP contribution in [0.25, 0.3) is 33.0 Å². The Balaban J connectivity index is 1.73. The average molecular weight is 413 g/mol. The minimum Gasteiger partial charge on any atom is -0.465 e. The lowest BCUT2D eigenvalue weighted by molar-refractivity contribution is -0.150. The Kier molecular flexibility index (Phi) is 4.43. The molecule has 7 heteroatoms. The van der Waals surface area contributed by atoms with Crippen molar-refractivity contribution in [3.05, 3.63) is 72.1 Å². The molecule has 0 fully saturated rings. The van der Waals surface area contributed by atoms with Gasteiger partial charge in [-0.2, -0.15) is 0 Å². The summed E-state index contributed by atoms with van der Waals surface area (Å²) in [4.78, 5) is 46.3. The number of amides is 2. The van der Waals surface area contributed by atoms with E-state index in [4.69, 9.17) is 4.74 Å². The van der Waals surface area contributed by atoms with Crippen LogP contribution in [0.1, 0.15) is 18.1 Å². The molecule has 5 rings (SSSR count). The molecule has 3 heterocycles. The Morgan fingerprint density at radius 3 is 1.81 bits per heavy atom. The predicted octanol–water partition coefficient (Wildman–Crippen LogP) is 3.49. The Labute approximate surface area is 177 Å². The van der Waals surface area contributed by atoms with Crippen LogP contribution in [0.5, 0.6) is 0 Å². The van der Waals surface area contributed by atoms with E-state index >= 15 is 0 Å². The van der Waals surface area contributed by atoms with Crippen molar-refractivity contribution >= 4 is 50.7 Å². The van der Waals surface area contributed by atoms with Gasteiger partial charge >= 0.3 is 5.97 Å². The molecule has 0 saturated heterocycles. The number of rotatable bonds is 5. The van der Waals surface area contributed by atoms with Crippen molar-refractivity contribution in [2.75, 3.05) is 13.2 Å². The van der Waals surface area contributed by atoms with Gasteiger partial charge in [0.1, 0.15) is 6.54 Å². The minimum atomic E-state index is -0.623. The molecule has 0 bridgehead atoms. The number of carbonyl (C=O) groups is 3. The summed E-state index contributed by atoms with van der Waals surface area (Å²) in [6, 6.07) is 15.1. The number of ether oxygens (including phenoxy) is 1. The SMILES string of the molecule is CCOC(=O)CN1C(=O)C(c2c[nH]c3ccccc23)=C(c2c[nH]c3ccccc23)C1=O. The van der Waals surface area contributed by atoms with Crippen LogP contribution in [0.15, 0.2) is 60.9 Å². The highest BCUT2D eigenvalue weighted by molar-refractivity contribution is 6.50. The van der Waals surface area contributed by atoms with E-state index in [0.717, 1.165) is 26.7 Å². The summed E-state index contributed by atoms with van der Waals surface area (Å²) in [6.07, 6.45) is 3.46. The van der Waals surface area contributed by atoms with Crippen LogP contribution >= 0.6 is 0 Å². The molecule has 1 aliphatic heterocycles. The molecule has 0 spiro atoms. The summed E-state index contributed by atoms with van der Waals surface area (Å²) in [6.45, 7) is 1.43. The predicted molar refractivity (Wildman–Crippen MR) is 117 cm³/mol. The van der Waals surface area contributed by atoms with Gasteiger partial charge in [0.25, 0.3) is 11.8 Å². The van der Waals surface area contributed by atoms with Crippen LogP contribution in [0.3, 0.4) is 0 Å². The van der Waals surface area contributed by atoms with Gasteiger partial charge in [0, 0.05) is 45.3 Å². The van der Waals surface area contributed by atoms with Crippen molar-refractivity contribution in [3.63, 3.8) is 0 Å². The number of hydrogen-bond donors (Lipinski definition) is 2. The van der Waals surface area contributed by atoms with Gasteiger partial charge in [-0.05, 0) is 19.1 Å². The zero-order chi connectivity index (χ0) is 21.5. The number of H-pyrrole nitrogens is 2. The maximum atomic E-state index is 13.5. The largest absolute Gasteiger partial charge is 0.465 e. The van der Waals surface area contributed by atoms with Crippen molar-refractivity contribution in [1.82, 2.24) is 14.9 Å². The molecule has 7 nitrogen and oxygen atoms in total. The Bertz CT molecular complexity index is 1300. The lowest BCUT2D eigenvalue weighted by Gasteiger charge is -2.13. The van der Waals surface area contributed by atoms with Crippen LogP contribution < -0.4 is 0 Å². The first-order valence-electron chi connectivity index (χ1n) is 9.99. The highest BCUT2D eigenvalue weighted by Crippen LogP contribution is 2.40. The Morgan fingerprint density at radius 2 is 1.32 bits per heavy atom. The summed E-state index contributed by atoms with van der Waals surface area (Å²) < 4.78 is 4.98. The third-order valence-electron chi connectivity index (χ3n) is 5.48. The number of nitrogens with one attached hydrogen (secondary N) is 2. The fourth-order valence-corrected chi connectivity index (χ4v) is 4.11. The quantitative estimate of drug-likeness (QED) is 0.387. The molecule has 0 aliphatic carbocycles. The van der Waals surface area contributed by atoms with Gasteiger partial charge in [-0.3, -0.25) is 19.3 Å². The zero-order valence-electron chi connectivity index (χ0n) is 16.8. The molecule has 154 valence electrons. The fraction of sp³-hybridized carbons (Fsp3) is 0.125. The van der Waals surface area contributed by atoms with E-state index in [1.807, 2.05) is 48.5 Å². The van der Waals surface area contributed by atoms with E-state index in [0.29, 0.717) is 11.1 Å². The first-order valence-corrected chi connectivity index (χ1v) is 9.99. The van der Waals surface area contributed by atoms with Crippen LogP contribution in [-0.2, 0) is 19.1 Å². The topological polar surface area (TPSA) is 95.3 Å². The summed E-state index contributed by atoms with van der Waals surface area (Å²) >= 11 is 0. The summed E-state index contributed by atoms with van der Waals surface area (Å²) in [7, 11) is 0. The van der Waals surface area contributed by atoms with Crippen molar-refractivity contribution in [3.8, 4) is 0 Å². The number of aromatic nitrogens is 2. The van der Waals surface area contributed by atoms with Crippen molar-refractivity contribution in [1.29, 1.82) is 0 Å². The third-order valence-corrected chi connectivity index (χ3v) is 5.48. The van der Waals surface area contributed by atoms with Gasteiger partial charge in [0.2, 0.25) is 0 Å². The van der Waals surface area contributed by atoms with Crippen molar-refractivity contribution < 1.29 is 19.1 Å². The number of esters is 1. The molecule has 2 N–H and O–H groups in total.